The summed E-state index contributed by atoms with van der Waals surface area (Å²) < 4.78 is 0. The molecule has 2 saturated carbocycles. The van der Waals surface area contributed by atoms with E-state index in [9.17, 15) is 9.59 Å². The highest BCUT2D eigenvalue weighted by molar-refractivity contribution is 6.01. The normalized spacial score (nSPS) is 43.4. The van der Waals surface area contributed by atoms with E-state index >= 15 is 0 Å². The summed E-state index contributed by atoms with van der Waals surface area (Å²) in [7, 11) is 0. The lowest BCUT2D eigenvalue weighted by atomic mass is 9.56. The van der Waals surface area contributed by atoms with Crippen molar-refractivity contribution in [3.8, 4) is 0 Å². The maximum Gasteiger partial charge on any atom is 0.165 e. The molecular weight excluding hydrogens is 248 g/mol. The highest BCUT2D eigenvalue weighted by atomic mass is 16.1. The number of hydrogen-bond donors (Lipinski definition) is 0. The molecule has 0 aromatic rings. The molecule has 0 aromatic carbocycles. The summed E-state index contributed by atoms with van der Waals surface area (Å²) in [5.41, 5.74) is 2.69. The summed E-state index contributed by atoms with van der Waals surface area (Å²) in [5, 5.41) is 0. The van der Waals surface area contributed by atoms with Crippen molar-refractivity contribution >= 4 is 11.6 Å². The molecule has 0 radical (unpaired) electrons. The molecule has 0 aliphatic heterocycles. The van der Waals surface area contributed by atoms with Crippen LogP contribution in [0.2, 0.25) is 0 Å². The van der Waals surface area contributed by atoms with Gasteiger partial charge in [0, 0.05) is 12.8 Å². The molecule has 0 aromatic heterocycles. The van der Waals surface area contributed by atoms with E-state index in [2.05, 4.69) is 13.0 Å². The molecule has 2 heteroatoms. The van der Waals surface area contributed by atoms with Crippen molar-refractivity contribution in [3.63, 3.8) is 0 Å². The van der Waals surface area contributed by atoms with Gasteiger partial charge in [0.25, 0.3) is 0 Å². The van der Waals surface area contributed by atoms with Gasteiger partial charge in [-0.3, -0.25) is 9.59 Å². The van der Waals surface area contributed by atoms with E-state index in [1.165, 1.54) is 5.57 Å². The van der Waals surface area contributed by atoms with Gasteiger partial charge in [0.05, 0.1) is 5.41 Å². The van der Waals surface area contributed by atoms with Gasteiger partial charge >= 0.3 is 0 Å². The number of allylic oxidation sites excluding steroid dienone is 4. The minimum atomic E-state index is -0.219. The molecule has 0 amide bonds. The zero-order valence-electron chi connectivity index (χ0n) is 12.2. The maximum atomic E-state index is 12.2. The number of fused-ring (bicyclic) bond motifs is 4. The van der Waals surface area contributed by atoms with Crippen molar-refractivity contribution in [1.29, 1.82) is 0 Å². The molecule has 4 rings (SSSR count). The van der Waals surface area contributed by atoms with Crippen LogP contribution in [0.3, 0.4) is 0 Å². The van der Waals surface area contributed by atoms with Gasteiger partial charge < -0.3 is 0 Å². The number of rotatable bonds is 0. The van der Waals surface area contributed by atoms with Gasteiger partial charge in [0.2, 0.25) is 0 Å². The first-order valence-corrected chi connectivity index (χ1v) is 8.07. The quantitative estimate of drug-likeness (QED) is 0.673. The number of carbonyl (C=O) groups excluding carboxylic acids is 2. The zero-order valence-corrected chi connectivity index (χ0v) is 12.2. The fourth-order valence-electron chi connectivity index (χ4n) is 5.29. The molecule has 2 nitrogen and oxygen atoms in total. The standard InChI is InChI=1S/C18H22O2/c1-18-9-8-14-13-5-3-12(19)10-11(13)2-4-15(14)16(18)6-7-17(18)20/h6-7,11,13-14H,2-5,8-10H2,1H3/t11?,13-,14+,18-/m0/s1. The molecule has 0 spiro atoms. The topological polar surface area (TPSA) is 34.1 Å². The first-order valence-electron chi connectivity index (χ1n) is 8.07. The average Bonchev–Trinajstić information content (AvgIpc) is 2.74. The minimum Gasteiger partial charge on any atom is -0.300 e. The second-order valence-electron chi connectivity index (χ2n) is 7.36. The first-order chi connectivity index (χ1) is 9.59. The largest absolute Gasteiger partial charge is 0.300 e. The van der Waals surface area contributed by atoms with Crippen molar-refractivity contribution in [3.05, 3.63) is 23.3 Å². The van der Waals surface area contributed by atoms with Gasteiger partial charge in [0.1, 0.15) is 5.78 Å². The van der Waals surface area contributed by atoms with Gasteiger partial charge in [-0.15, -0.1) is 0 Å². The Bertz CT molecular complexity index is 554. The van der Waals surface area contributed by atoms with Crippen molar-refractivity contribution in [1.82, 2.24) is 0 Å². The van der Waals surface area contributed by atoms with E-state index < -0.39 is 0 Å². The third-order valence-corrected chi connectivity index (χ3v) is 6.44. The smallest absolute Gasteiger partial charge is 0.165 e. The molecule has 106 valence electrons. The molecule has 4 aliphatic rings. The van der Waals surface area contributed by atoms with E-state index in [0.29, 0.717) is 29.3 Å². The lowest BCUT2D eigenvalue weighted by Crippen LogP contribution is -2.40. The first kappa shape index (κ1) is 12.6. The molecular formula is C18H22O2. The molecule has 20 heavy (non-hydrogen) atoms. The fourth-order valence-corrected chi connectivity index (χ4v) is 5.29. The van der Waals surface area contributed by atoms with Crippen LogP contribution in [0.15, 0.2) is 23.3 Å². The molecule has 0 N–H and O–H groups in total. The van der Waals surface area contributed by atoms with Gasteiger partial charge in [-0.2, -0.15) is 0 Å². The molecule has 2 fully saturated rings. The maximum absolute atomic E-state index is 12.2. The molecule has 4 aliphatic carbocycles. The Morgan fingerprint density at radius 3 is 2.80 bits per heavy atom. The summed E-state index contributed by atoms with van der Waals surface area (Å²) in [4.78, 5) is 23.9. The van der Waals surface area contributed by atoms with E-state index in [4.69, 9.17) is 0 Å². The van der Waals surface area contributed by atoms with Crippen LogP contribution in [-0.2, 0) is 9.59 Å². The van der Waals surface area contributed by atoms with Crippen LogP contribution in [0.25, 0.3) is 0 Å². The summed E-state index contributed by atoms with van der Waals surface area (Å²) >= 11 is 0. The fraction of sp³-hybridized carbons (Fsp3) is 0.667. The zero-order chi connectivity index (χ0) is 13.9. The Kier molecular flexibility index (Phi) is 2.61. The number of Topliss-reactive ketones (excluding diaryl/α,β-unsaturated/α-hetero) is 1. The second kappa shape index (κ2) is 4.16. The molecule has 4 atom stereocenters. The molecule has 0 heterocycles. The minimum absolute atomic E-state index is 0.219. The Hall–Kier alpha value is -1.18. The van der Waals surface area contributed by atoms with Crippen molar-refractivity contribution < 1.29 is 9.59 Å². The average molecular weight is 270 g/mol. The highest BCUT2D eigenvalue weighted by Crippen LogP contribution is 2.56. The molecule has 0 bridgehead atoms. The van der Waals surface area contributed by atoms with E-state index in [-0.39, 0.29) is 5.41 Å². The Morgan fingerprint density at radius 1 is 1.10 bits per heavy atom. The summed E-state index contributed by atoms with van der Waals surface area (Å²) in [5.74, 6) is 2.76. The number of hydrogen-bond acceptors (Lipinski definition) is 2. The van der Waals surface area contributed by atoms with Gasteiger partial charge in [-0.05, 0) is 68.4 Å². The van der Waals surface area contributed by atoms with E-state index in [1.54, 1.807) is 11.6 Å². The van der Waals surface area contributed by atoms with Crippen LogP contribution in [0.5, 0.6) is 0 Å². The van der Waals surface area contributed by atoms with Gasteiger partial charge in [-0.1, -0.05) is 11.6 Å². The lowest BCUT2D eigenvalue weighted by molar-refractivity contribution is -0.123. The predicted molar refractivity (Wildman–Crippen MR) is 77.1 cm³/mol. The number of ketones is 2. The molecule has 0 saturated heterocycles. The van der Waals surface area contributed by atoms with Crippen LogP contribution in [0.4, 0.5) is 0 Å². The SMILES string of the molecule is C[C@]12CC[C@H]3C(=C1C=CC2=O)CCC1CC(=O)CC[C@@H]13. The molecule has 1 unspecified atom stereocenters. The van der Waals surface area contributed by atoms with Gasteiger partial charge in [0.15, 0.2) is 5.78 Å². The Morgan fingerprint density at radius 2 is 1.95 bits per heavy atom. The van der Waals surface area contributed by atoms with Crippen LogP contribution in [0.1, 0.15) is 51.9 Å². The van der Waals surface area contributed by atoms with Gasteiger partial charge in [-0.25, -0.2) is 0 Å². The third kappa shape index (κ3) is 1.57. The Balaban J connectivity index is 1.72. The van der Waals surface area contributed by atoms with Crippen LogP contribution in [0, 0.1) is 23.2 Å². The van der Waals surface area contributed by atoms with Crippen LogP contribution in [-0.4, -0.2) is 11.6 Å². The monoisotopic (exact) mass is 270 g/mol. The predicted octanol–water partition coefficient (Wildman–Crippen LogP) is 3.62. The number of carbonyl (C=O) groups is 2. The summed E-state index contributed by atoms with van der Waals surface area (Å²) in [6.07, 6.45) is 11.0. The van der Waals surface area contributed by atoms with Crippen LogP contribution >= 0.6 is 0 Å². The van der Waals surface area contributed by atoms with Crippen molar-refractivity contribution in [2.24, 2.45) is 23.2 Å². The third-order valence-electron chi connectivity index (χ3n) is 6.44. The van der Waals surface area contributed by atoms with E-state index in [0.717, 1.165) is 44.9 Å². The highest BCUT2D eigenvalue weighted by Gasteiger charge is 2.49. The summed E-state index contributed by atoms with van der Waals surface area (Å²) in [6, 6.07) is 0. The Labute approximate surface area is 120 Å². The van der Waals surface area contributed by atoms with Crippen molar-refractivity contribution in [2.75, 3.05) is 0 Å². The lowest BCUT2D eigenvalue weighted by Gasteiger charge is -2.47. The van der Waals surface area contributed by atoms with Crippen molar-refractivity contribution in [2.45, 2.75) is 51.9 Å². The van der Waals surface area contributed by atoms with E-state index in [1.807, 2.05) is 0 Å². The summed E-state index contributed by atoms with van der Waals surface area (Å²) in [6.45, 7) is 2.13. The van der Waals surface area contributed by atoms with Crippen LogP contribution < -0.4 is 0 Å². The second-order valence-corrected chi connectivity index (χ2v) is 7.36.